The van der Waals surface area contributed by atoms with Crippen molar-refractivity contribution in [3.63, 3.8) is 0 Å². The van der Waals surface area contributed by atoms with Gasteiger partial charge in [0.05, 0.1) is 29.1 Å². The van der Waals surface area contributed by atoms with Gasteiger partial charge in [-0.05, 0) is 54.6 Å². The van der Waals surface area contributed by atoms with E-state index in [-0.39, 0.29) is 24.6 Å². The van der Waals surface area contributed by atoms with Crippen molar-refractivity contribution in [2.75, 3.05) is 19.0 Å². The predicted octanol–water partition coefficient (Wildman–Crippen LogP) is 4.70. The van der Waals surface area contributed by atoms with Crippen LogP contribution in [0.3, 0.4) is 0 Å². The maximum absolute atomic E-state index is 12.3. The summed E-state index contributed by atoms with van der Waals surface area (Å²) in [5, 5.41) is 22.5. The number of aromatic nitrogens is 1. The number of nitrogens with zero attached hydrogens (tertiary/aromatic N) is 1. The number of carboxylic acids is 1. The zero-order chi connectivity index (χ0) is 25.9. The molecule has 0 bridgehead atoms. The Labute approximate surface area is 212 Å². The normalized spacial score (nSPS) is 10.6. The van der Waals surface area contributed by atoms with Crippen molar-refractivity contribution in [2.45, 2.75) is 16.2 Å². The second-order valence-electron chi connectivity index (χ2n) is 7.29. The Morgan fingerprint density at radius 1 is 1.08 bits per heavy atom. The summed E-state index contributed by atoms with van der Waals surface area (Å²) in [5.41, 5.74) is 2.00. The first kappa shape index (κ1) is 26.2. The molecule has 0 fully saturated rings. The highest BCUT2D eigenvalue weighted by Gasteiger charge is 2.15. The molecule has 9 nitrogen and oxygen atoms in total. The summed E-state index contributed by atoms with van der Waals surface area (Å²) in [6.07, 6.45) is 3.72. The highest BCUT2D eigenvalue weighted by Crippen LogP contribution is 2.33. The lowest BCUT2D eigenvalue weighted by Crippen LogP contribution is -2.18. The number of amides is 2. The summed E-state index contributed by atoms with van der Waals surface area (Å²) >= 11 is 1.32. The topological polar surface area (TPSA) is 141 Å². The number of aliphatic carboxylic acids is 1. The van der Waals surface area contributed by atoms with Crippen LogP contribution < -0.4 is 10.6 Å². The summed E-state index contributed by atoms with van der Waals surface area (Å²) in [6, 6.07) is 17.7. The fourth-order valence-electron chi connectivity index (χ4n) is 3.04. The van der Waals surface area contributed by atoms with Crippen LogP contribution in [-0.2, 0) is 9.53 Å². The van der Waals surface area contributed by atoms with Crippen molar-refractivity contribution in [3.8, 4) is 0 Å². The van der Waals surface area contributed by atoms with E-state index in [4.69, 9.17) is 15.3 Å². The molecule has 3 aromatic rings. The van der Waals surface area contributed by atoms with E-state index in [1.54, 1.807) is 67.9 Å². The number of anilines is 1. The van der Waals surface area contributed by atoms with Crippen LogP contribution >= 0.6 is 11.8 Å². The molecule has 2 aromatic carbocycles. The Balaban J connectivity index is 1.89. The van der Waals surface area contributed by atoms with Crippen LogP contribution in [0, 0.1) is 5.41 Å². The predicted molar refractivity (Wildman–Crippen MR) is 138 cm³/mol. The number of benzene rings is 2. The molecule has 36 heavy (non-hydrogen) atoms. The summed E-state index contributed by atoms with van der Waals surface area (Å²) < 4.78 is 4.95. The van der Waals surface area contributed by atoms with Crippen LogP contribution in [0.15, 0.2) is 82.7 Å². The summed E-state index contributed by atoms with van der Waals surface area (Å²) in [6.45, 7) is -0.290. The molecule has 2 amide bonds. The van der Waals surface area contributed by atoms with Gasteiger partial charge >= 0.3 is 12.1 Å². The smallest absolute Gasteiger partial charge is 0.411 e. The summed E-state index contributed by atoms with van der Waals surface area (Å²) in [4.78, 5) is 40.9. The molecular weight excluding hydrogens is 480 g/mol. The van der Waals surface area contributed by atoms with E-state index in [2.05, 4.69) is 15.6 Å². The Kier molecular flexibility index (Phi) is 9.35. The van der Waals surface area contributed by atoms with Crippen LogP contribution in [0.1, 0.15) is 28.0 Å². The first-order chi connectivity index (χ1) is 17.4. The molecular formula is C26H24N4O5S. The van der Waals surface area contributed by atoms with Gasteiger partial charge in [0.2, 0.25) is 0 Å². The van der Waals surface area contributed by atoms with Gasteiger partial charge in [0.25, 0.3) is 5.91 Å². The average Bonchev–Trinajstić information content (AvgIpc) is 2.87. The van der Waals surface area contributed by atoms with Crippen LogP contribution in [0.4, 0.5) is 10.5 Å². The minimum Gasteiger partial charge on any atom is -0.481 e. The maximum atomic E-state index is 12.3. The van der Waals surface area contributed by atoms with E-state index in [0.717, 1.165) is 0 Å². The third-order valence-electron chi connectivity index (χ3n) is 4.76. The van der Waals surface area contributed by atoms with E-state index in [9.17, 15) is 14.4 Å². The molecule has 1 aromatic heterocycles. The van der Waals surface area contributed by atoms with Gasteiger partial charge in [-0.3, -0.25) is 19.9 Å². The monoisotopic (exact) mass is 504 g/mol. The lowest BCUT2D eigenvalue weighted by Gasteiger charge is -2.14. The van der Waals surface area contributed by atoms with Crippen molar-refractivity contribution < 1.29 is 24.2 Å². The molecule has 184 valence electrons. The molecule has 0 saturated carbocycles. The van der Waals surface area contributed by atoms with Crippen LogP contribution in [0.25, 0.3) is 6.08 Å². The first-order valence-electron chi connectivity index (χ1n) is 10.8. The molecule has 0 radical (unpaired) electrons. The fraction of sp³-hybridized carbons (Fsp3) is 0.115. The van der Waals surface area contributed by atoms with Crippen LogP contribution in [0.5, 0.6) is 0 Å². The third-order valence-corrected chi connectivity index (χ3v) is 5.83. The van der Waals surface area contributed by atoms with Gasteiger partial charge < -0.3 is 20.6 Å². The van der Waals surface area contributed by atoms with Crippen molar-refractivity contribution in [2.24, 2.45) is 0 Å². The van der Waals surface area contributed by atoms with Crippen LogP contribution in [-0.4, -0.2) is 47.4 Å². The minimum atomic E-state index is -1.09. The van der Waals surface area contributed by atoms with E-state index in [1.165, 1.54) is 11.8 Å². The highest BCUT2D eigenvalue weighted by atomic mass is 32.2. The minimum absolute atomic E-state index is 0.115. The van der Waals surface area contributed by atoms with Gasteiger partial charge in [-0.2, -0.15) is 0 Å². The molecule has 3 rings (SSSR count). The number of carboxylic acid groups (broad SMARTS) is 1. The second kappa shape index (κ2) is 12.9. The van der Waals surface area contributed by atoms with Gasteiger partial charge in [0, 0.05) is 28.6 Å². The molecule has 1 heterocycles. The SMILES string of the molecule is CNC(=O)c1ccccc1Sc1ccc(C(=N)/C=C/c2ccccn2)c(NC(=O)OCCC(=O)O)c1. The highest BCUT2D eigenvalue weighted by molar-refractivity contribution is 7.99. The number of hydrogen-bond donors (Lipinski definition) is 4. The standard InChI is InChI=1S/C26H24N4O5S/c1-28-25(33)20-7-2-3-8-23(20)36-18-10-11-19(21(27)12-9-17-6-4-5-14-29-17)22(16-18)30-26(34)35-15-13-24(31)32/h2-12,14,16,27H,13,15H2,1H3,(H,28,33)(H,30,34)(H,31,32)/b12-9+,27-21?. The van der Waals surface area contributed by atoms with E-state index in [0.29, 0.717) is 32.3 Å². The summed E-state index contributed by atoms with van der Waals surface area (Å²) in [7, 11) is 1.56. The average molecular weight is 505 g/mol. The Hall–Kier alpha value is -4.44. The van der Waals surface area contributed by atoms with Crippen molar-refractivity contribution in [1.29, 1.82) is 5.41 Å². The Bertz CT molecular complexity index is 1290. The van der Waals surface area contributed by atoms with Crippen molar-refractivity contribution >= 4 is 47.2 Å². The van der Waals surface area contributed by atoms with Crippen molar-refractivity contribution in [3.05, 3.63) is 89.8 Å². The van der Waals surface area contributed by atoms with Gasteiger partial charge in [-0.1, -0.05) is 30.0 Å². The molecule has 0 aliphatic rings. The summed E-state index contributed by atoms with van der Waals surface area (Å²) in [5.74, 6) is -1.31. The number of hydrogen-bond acceptors (Lipinski definition) is 7. The molecule has 0 unspecified atom stereocenters. The molecule has 0 spiro atoms. The number of rotatable bonds is 10. The fourth-order valence-corrected chi connectivity index (χ4v) is 4.02. The van der Waals surface area contributed by atoms with E-state index in [1.807, 2.05) is 18.2 Å². The number of carbonyl (C=O) groups excluding carboxylic acids is 2. The zero-order valence-corrected chi connectivity index (χ0v) is 20.2. The Morgan fingerprint density at radius 2 is 1.86 bits per heavy atom. The van der Waals surface area contributed by atoms with Crippen LogP contribution in [0.2, 0.25) is 0 Å². The molecule has 10 heteroatoms. The van der Waals surface area contributed by atoms with Gasteiger partial charge in [0.15, 0.2) is 0 Å². The number of allylic oxidation sites excluding steroid dienone is 1. The molecule has 0 atom stereocenters. The second-order valence-corrected chi connectivity index (χ2v) is 8.41. The Morgan fingerprint density at radius 3 is 2.58 bits per heavy atom. The zero-order valence-electron chi connectivity index (χ0n) is 19.4. The third kappa shape index (κ3) is 7.54. The number of ether oxygens (including phenoxy) is 1. The quantitative estimate of drug-likeness (QED) is 0.293. The largest absolute Gasteiger partial charge is 0.481 e. The van der Waals surface area contributed by atoms with E-state index < -0.39 is 12.1 Å². The van der Waals surface area contributed by atoms with Gasteiger partial charge in [-0.25, -0.2) is 4.79 Å². The molecule has 0 saturated heterocycles. The first-order valence-corrected chi connectivity index (χ1v) is 11.7. The number of nitrogens with one attached hydrogen (secondary N) is 3. The number of pyridine rings is 1. The lowest BCUT2D eigenvalue weighted by molar-refractivity contribution is -0.137. The van der Waals surface area contributed by atoms with Gasteiger partial charge in [-0.15, -0.1) is 0 Å². The lowest BCUT2D eigenvalue weighted by atomic mass is 10.1. The number of carbonyl (C=O) groups is 3. The maximum Gasteiger partial charge on any atom is 0.411 e. The van der Waals surface area contributed by atoms with Gasteiger partial charge in [0.1, 0.15) is 6.61 Å². The van der Waals surface area contributed by atoms with E-state index >= 15 is 0 Å². The molecule has 0 aliphatic carbocycles. The van der Waals surface area contributed by atoms with Crippen molar-refractivity contribution in [1.82, 2.24) is 10.3 Å². The molecule has 0 aliphatic heterocycles. The molecule has 4 N–H and O–H groups in total.